The van der Waals surface area contributed by atoms with Gasteiger partial charge in [0.05, 0.1) is 0 Å². The zero-order chi connectivity index (χ0) is 15.5. The van der Waals surface area contributed by atoms with Crippen LogP contribution in [-0.2, 0) is 15.0 Å². The molecule has 5 nitrogen and oxygen atoms in total. The van der Waals surface area contributed by atoms with Gasteiger partial charge in [0.15, 0.2) is 0 Å². The molecule has 0 N–H and O–H groups in total. The van der Waals surface area contributed by atoms with E-state index in [1.54, 1.807) is 15.5 Å². The van der Waals surface area contributed by atoms with Crippen LogP contribution in [-0.4, -0.2) is 48.5 Å². The van der Waals surface area contributed by atoms with Crippen molar-refractivity contribution in [2.24, 2.45) is 5.92 Å². The van der Waals surface area contributed by atoms with E-state index >= 15 is 0 Å². The summed E-state index contributed by atoms with van der Waals surface area (Å²) in [6.45, 7) is 5.53. The summed E-state index contributed by atoms with van der Waals surface area (Å²) in [5, 5.41) is 0. The number of nitrogens with zero attached hydrogens (tertiary/aromatic N) is 2. The van der Waals surface area contributed by atoms with Crippen LogP contribution in [0.5, 0.6) is 0 Å². The minimum atomic E-state index is -3.41. The number of rotatable bonds is 4. The second kappa shape index (κ2) is 7.20. The Morgan fingerprint density at radius 3 is 2.33 bits per heavy atom. The maximum absolute atomic E-state index is 12.9. The van der Waals surface area contributed by atoms with E-state index in [4.69, 9.17) is 0 Å². The zero-order valence-electron chi connectivity index (χ0n) is 13.3. The van der Waals surface area contributed by atoms with Crippen molar-refractivity contribution in [2.45, 2.75) is 64.8 Å². The van der Waals surface area contributed by atoms with Crippen LogP contribution in [0.25, 0.3) is 0 Å². The van der Waals surface area contributed by atoms with E-state index in [0.29, 0.717) is 32.0 Å². The fourth-order valence-corrected chi connectivity index (χ4v) is 5.24. The molecule has 1 unspecified atom stereocenters. The summed E-state index contributed by atoms with van der Waals surface area (Å²) >= 11 is 0. The summed E-state index contributed by atoms with van der Waals surface area (Å²) in [6.07, 6.45) is 6.00. The van der Waals surface area contributed by atoms with Crippen molar-refractivity contribution in [3.8, 4) is 0 Å². The Balaban J connectivity index is 2.15. The molecule has 0 radical (unpaired) electrons. The van der Waals surface area contributed by atoms with Crippen LogP contribution in [0.15, 0.2) is 0 Å². The van der Waals surface area contributed by atoms with E-state index < -0.39 is 10.2 Å². The van der Waals surface area contributed by atoms with Gasteiger partial charge in [-0.3, -0.25) is 4.79 Å². The SMILES string of the molecule is CC(=O)CC1CCCCCN1S(=O)(=O)N1CCC(C)CC1. The third-order valence-electron chi connectivity index (χ3n) is 4.71. The topological polar surface area (TPSA) is 57.7 Å². The number of piperidine rings is 1. The summed E-state index contributed by atoms with van der Waals surface area (Å²) in [5.41, 5.74) is 0. The maximum Gasteiger partial charge on any atom is 0.282 e. The fourth-order valence-electron chi connectivity index (χ4n) is 3.35. The first-order valence-electron chi connectivity index (χ1n) is 8.17. The van der Waals surface area contributed by atoms with E-state index in [0.717, 1.165) is 38.5 Å². The van der Waals surface area contributed by atoms with Crippen molar-refractivity contribution in [2.75, 3.05) is 19.6 Å². The third kappa shape index (κ3) is 4.27. The average Bonchev–Trinajstić information content (AvgIpc) is 2.64. The van der Waals surface area contributed by atoms with Crippen LogP contribution < -0.4 is 0 Å². The Bertz CT molecular complexity index is 456. The van der Waals surface area contributed by atoms with Crippen LogP contribution in [0.1, 0.15) is 58.8 Å². The van der Waals surface area contributed by atoms with Gasteiger partial charge in [0, 0.05) is 32.1 Å². The lowest BCUT2D eigenvalue weighted by Gasteiger charge is -2.36. The van der Waals surface area contributed by atoms with Gasteiger partial charge in [-0.05, 0) is 38.5 Å². The monoisotopic (exact) mass is 316 g/mol. The van der Waals surface area contributed by atoms with Crippen molar-refractivity contribution in [3.05, 3.63) is 0 Å². The van der Waals surface area contributed by atoms with Crippen molar-refractivity contribution < 1.29 is 13.2 Å². The van der Waals surface area contributed by atoms with Crippen molar-refractivity contribution in [1.29, 1.82) is 0 Å². The van der Waals surface area contributed by atoms with Gasteiger partial charge in [-0.1, -0.05) is 19.8 Å². The Hall–Kier alpha value is -0.460. The van der Waals surface area contributed by atoms with E-state index in [1.165, 1.54) is 0 Å². The van der Waals surface area contributed by atoms with Gasteiger partial charge < -0.3 is 0 Å². The molecule has 0 spiro atoms. The van der Waals surface area contributed by atoms with E-state index in [2.05, 4.69) is 6.92 Å². The van der Waals surface area contributed by atoms with Gasteiger partial charge in [0.25, 0.3) is 10.2 Å². The van der Waals surface area contributed by atoms with Crippen molar-refractivity contribution >= 4 is 16.0 Å². The van der Waals surface area contributed by atoms with Gasteiger partial charge in [-0.25, -0.2) is 0 Å². The van der Waals surface area contributed by atoms with Crippen LogP contribution in [0.2, 0.25) is 0 Å². The highest BCUT2D eigenvalue weighted by Crippen LogP contribution is 2.27. The second-order valence-electron chi connectivity index (χ2n) is 6.61. The van der Waals surface area contributed by atoms with Gasteiger partial charge in [-0.2, -0.15) is 17.0 Å². The Morgan fingerprint density at radius 1 is 1.05 bits per heavy atom. The minimum absolute atomic E-state index is 0.0781. The van der Waals surface area contributed by atoms with Gasteiger partial charge in [0.1, 0.15) is 5.78 Å². The molecule has 0 aliphatic carbocycles. The molecule has 6 heteroatoms. The first kappa shape index (κ1) is 16.9. The predicted molar refractivity (Wildman–Crippen MR) is 83.2 cm³/mol. The molecule has 2 saturated heterocycles. The molecule has 1 atom stereocenters. The zero-order valence-corrected chi connectivity index (χ0v) is 14.1. The second-order valence-corrected chi connectivity index (χ2v) is 8.49. The molecule has 2 aliphatic heterocycles. The van der Waals surface area contributed by atoms with Gasteiger partial charge >= 0.3 is 0 Å². The standard InChI is InChI=1S/C15H28N2O3S/c1-13-7-10-16(11-8-13)21(19,20)17-9-5-3-4-6-15(17)12-14(2)18/h13,15H,3-12H2,1-2H3. The molecule has 21 heavy (non-hydrogen) atoms. The molecule has 0 bridgehead atoms. The van der Waals surface area contributed by atoms with Crippen molar-refractivity contribution in [3.63, 3.8) is 0 Å². The Morgan fingerprint density at radius 2 is 1.71 bits per heavy atom. The molecule has 122 valence electrons. The van der Waals surface area contributed by atoms with Crippen molar-refractivity contribution in [1.82, 2.24) is 8.61 Å². The lowest BCUT2D eigenvalue weighted by molar-refractivity contribution is -0.117. The van der Waals surface area contributed by atoms with Gasteiger partial charge in [-0.15, -0.1) is 0 Å². The molecule has 0 amide bonds. The number of Topliss-reactive ketones (excluding diaryl/α,β-unsaturated/α-hetero) is 1. The maximum atomic E-state index is 12.9. The third-order valence-corrected chi connectivity index (χ3v) is 6.80. The largest absolute Gasteiger partial charge is 0.300 e. The lowest BCUT2D eigenvalue weighted by Crippen LogP contribution is -2.51. The van der Waals surface area contributed by atoms with Crippen LogP contribution in [0.3, 0.4) is 0 Å². The molecule has 2 rings (SSSR count). The molecule has 0 aromatic carbocycles. The normalized spacial score (nSPS) is 27.4. The molecular weight excluding hydrogens is 288 g/mol. The minimum Gasteiger partial charge on any atom is -0.300 e. The highest BCUT2D eigenvalue weighted by Gasteiger charge is 2.37. The molecule has 0 aromatic rings. The number of ketones is 1. The highest BCUT2D eigenvalue weighted by atomic mass is 32.2. The summed E-state index contributed by atoms with van der Waals surface area (Å²) in [4.78, 5) is 11.5. The number of hydrogen-bond acceptors (Lipinski definition) is 3. The van der Waals surface area contributed by atoms with Gasteiger partial charge in [0.2, 0.25) is 0 Å². The first-order chi connectivity index (χ1) is 9.91. The molecular formula is C15H28N2O3S. The first-order valence-corrected chi connectivity index (χ1v) is 9.57. The predicted octanol–water partition coefficient (Wildman–Crippen LogP) is 2.19. The molecule has 0 aromatic heterocycles. The Labute approximate surface area is 128 Å². The lowest BCUT2D eigenvalue weighted by atomic mass is 10.0. The molecule has 0 saturated carbocycles. The van der Waals surface area contributed by atoms with E-state index in [9.17, 15) is 13.2 Å². The Kier molecular flexibility index (Phi) is 5.80. The fraction of sp³-hybridized carbons (Fsp3) is 0.933. The highest BCUT2D eigenvalue weighted by molar-refractivity contribution is 7.86. The average molecular weight is 316 g/mol. The summed E-state index contributed by atoms with van der Waals surface area (Å²) < 4.78 is 29.1. The van der Waals surface area contributed by atoms with Crippen LogP contribution in [0.4, 0.5) is 0 Å². The summed E-state index contributed by atoms with van der Waals surface area (Å²) in [5.74, 6) is 0.683. The van der Waals surface area contributed by atoms with E-state index in [-0.39, 0.29) is 11.8 Å². The molecule has 2 fully saturated rings. The number of hydrogen-bond donors (Lipinski definition) is 0. The molecule has 2 aliphatic rings. The smallest absolute Gasteiger partial charge is 0.282 e. The molecule has 2 heterocycles. The van der Waals surface area contributed by atoms with Crippen LogP contribution in [0, 0.1) is 5.92 Å². The number of carbonyl (C=O) groups excluding carboxylic acids is 1. The summed E-state index contributed by atoms with van der Waals surface area (Å²) in [6, 6.07) is -0.144. The van der Waals surface area contributed by atoms with E-state index in [1.807, 2.05) is 0 Å². The quantitative estimate of drug-likeness (QED) is 0.799. The van der Waals surface area contributed by atoms with Crippen LogP contribution >= 0.6 is 0 Å². The summed E-state index contributed by atoms with van der Waals surface area (Å²) in [7, 11) is -3.41. The number of carbonyl (C=O) groups is 1.